The Morgan fingerprint density at radius 2 is 1.97 bits per heavy atom. The zero-order valence-electron chi connectivity index (χ0n) is 17.5. The van der Waals surface area contributed by atoms with Gasteiger partial charge in [-0.1, -0.05) is 12.1 Å². The first-order valence-electron chi connectivity index (χ1n) is 9.57. The van der Waals surface area contributed by atoms with Crippen molar-refractivity contribution in [1.29, 1.82) is 0 Å². The maximum atomic E-state index is 12.0. The topological polar surface area (TPSA) is 118 Å². The summed E-state index contributed by atoms with van der Waals surface area (Å²) in [5, 5.41) is 8.97. The average Bonchev–Trinajstić information content (AvgIpc) is 3.03. The summed E-state index contributed by atoms with van der Waals surface area (Å²) in [6.45, 7) is 2.81. The SMILES string of the molecule is CN=C(NCCC(=O)NC1CCS(=O)(=O)C1)NCC(C)Oc1ccccc1OC.I. The highest BCUT2D eigenvalue weighted by Gasteiger charge is 2.28. The van der Waals surface area contributed by atoms with E-state index in [1.54, 1.807) is 14.2 Å². The fourth-order valence-corrected chi connectivity index (χ4v) is 4.61. The van der Waals surface area contributed by atoms with Crippen molar-refractivity contribution >= 4 is 45.7 Å². The fraction of sp³-hybridized carbons (Fsp3) is 0.579. The Balaban J connectivity index is 0.00000450. The minimum absolute atomic E-state index is 0. The highest BCUT2D eigenvalue weighted by Crippen LogP contribution is 2.26. The first-order chi connectivity index (χ1) is 13.8. The van der Waals surface area contributed by atoms with Crippen LogP contribution >= 0.6 is 24.0 Å². The molecule has 2 atom stereocenters. The van der Waals surface area contributed by atoms with Crippen LogP contribution in [0, 0.1) is 0 Å². The van der Waals surface area contributed by atoms with Gasteiger partial charge in [0.1, 0.15) is 6.10 Å². The molecule has 0 aliphatic carbocycles. The molecule has 11 heteroatoms. The molecule has 9 nitrogen and oxygen atoms in total. The van der Waals surface area contributed by atoms with Gasteiger partial charge < -0.3 is 25.4 Å². The average molecular weight is 554 g/mol. The maximum absolute atomic E-state index is 12.0. The summed E-state index contributed by atoms with van der Waals surface area (Å²) < 4.78 is 34.0. The van der Waals surface area contributed by atoms with Gasteiger partial charge in [0.15, 0.2) is 27.3 Å². The van der Waals surface area contributed by atoms with E-state index in [-0.39, 0.29) is 60.0 Å². The van der Waals surface area contributed by atoms with Gasteiger partial charge in [-0.05, 0) is 25.5 Å². The minimum Gasteiger partial charge on any atom is -0.493 e. The number of hydrogen-bond donors (Lipinski definition) is 3. The van der Waals surface area contributed by atoms with Crippen molar-refractivity contribution in [1.82, 2.24) is 16.0 Å². The van der Waals surface area contributed by atoms with Gasteiger partial charge in [-0.15, -0.1) is 24.0 Å². The van der Waals surface area contributed by atoms with E-state index in [2.05, 4.69) is 20.9 Å². The number of ether oxygens (including phenoxy) is 2. The van der Waals surface area contributed by atoms with Crippen molar-refractivity contribution in [3.05, 3.63) is 24.3 Å². The first kappa shape index (κ1) is 26.3. The van der Waals surface area contributed by atoms with Crippen molar-refractivity contribution < 1.29 is 22.7 Å². The fourth-order valence-electron chi connectivity index (χ4n) is 2.94. The normalized spacial score (nSPS) is 18.6. The largest absolute Gasteiger partial charge is 0.493 e. The highest BCUT2D eigenvalue weighted by molar-refractivity contribution is 14.0. The number of carbonyl (C=O) groups is 1. The summed E-state index contributed by atoms with van der Waals surface area (Å²) >= 11 is 0. The highest BCUT2D eigenvalue weighted by atomic mass is 127. The molecular weight excluding hydrogens is 523 g/mol. The Labute approximate surface area is 195 Å². The van der Waals surface area contributed by atoms with Crippen molar-refractivity contribution in [3.8, 4) is 11.5 Å². The summed E-state index contributed by atoms with van der Waals surface area (Å²) in [6, 6.07) is 7.16. The van der Waals surface area contributed by atoms with Crippen molar-refractivity contribution in [2.75, 3.05) is 38.8 Å². The molecule has 1 saturated heterocycles. The summed E-state index contributed by atoms with van der Waals surface area (Å²) in [5.74, 6) is 1.88. The van der Waals surface area contributed by atoms with Gasteiger partial charge in [0.05, 0.1) is 25.2 Å². The first-order valence-corrected chi connectivity index (χ1v) is 11.4. The quantitative estimate of drug-likeness (QED) is 0.236. The summed E-state index contributed by atoms with van der Waals surface area (Å²) in [6.07, 6.45) is 0.566. The number of methoxy groups -OCH3 is 1. The third-order valence-electron chi connectivity index (χ3n) is 4.42. The number of rotatable bonds is 9. The van der Waals surface area contributed by atoms with Crippen LogP contribution in [0.2, 0.25) is 0 Å². The van der Waals surface area contributed by atoms with E-state index < -0.39 is 9.84 Å². The molecule has 170 valence electrons. The Kier molecular flexibility index (Phi) is 11.2. The van der Waals surface area contributed by atoms with E-state index in [0.717, 1.165) is 0 Å². The molecule has 0 bridgehead atoms. The van der Waals surface area contributed by atoms with Crippen LogP contribution in [-0.2, 0) is 14.6 Å². The zero-order chi connectivity index (χ0) is 21.3. The molecule has 1 aromatic rings. The van der Waals surface area contributed by atoms with E-state index >= 15 is 0 Å². The molecule has 1 aromatic carbocycles. The molecule has 1 amide bonds. The molecule has 1 heterocycles. The Morgan fingerprint density at radius 1 is 1.27 bits per heavy atom. The number of guanidine groups is 1. The summed E-state index contributed by atoms with van der Waals surface area (Å²) in [4.78, 5) is 16.1. The number of hydrogen-bond acceptors (Lipinski definition) is 6. The van der Waals surface area contributed by atoms with Crippen LogP contribution in [0.1, 0.15) is 19.8 Å². The lowest BCUT2D eigenvalue weighted by Crippen LogP contribution is -2.43. The van der Waals surface area contributed by atoms with E-state index in [1.165, 1.54) is 0 Å². The van der Waals surface area contributed by atoms with E-state index in [9.17, 15) is 13.2 Å². The smallest absolute Gasteiger partial charge is 0.222 e. The molecule has 1 aliphatic heterocycles. The summed E-state index contributed by atoms with van der Waals surface area (Å²) in [5.41, 5.74) is 0. The molecule has 2 rings (SSSR count). The van der Waals surface area contributed by atoms with E-state index in [4.69, 9.17) is 9.47 Å². The third kappa shape index (κ3) is 8.94. The molecule has 1 fully saturated rings. The van der Waals surface area contributed by atoms with Gasteiger partial charge in [0, 0.05) is 26.1 Å². The molecule has 30 heavy (non-hydrogen) atoms. The minimum atomic E-state index is -3.00. The standard InChI is InChI=1S/C19H30N4O5S.HI/c1-14(28-17-7-5-4-6-16(17)27-3)12-22-19(20-2)21-10-8-18(24)23-15-9-11-29(25,26)13-15;/h4-7,14-15H,8-13H2,1-3H3,(H,23,24)(H2,20,21,22);1H. The number of aliphatic imine (C=N–C) groups is 1. The number of carbonyl (C=O) groups excluding carboxylic acids is 1. The number of para-hydroxylation sites is 2. The lowest BCUT2D eigenvalue weighted by atomic mass is 10.2. The molecule has 3 N–H and O–H groups in total. The van der Waals surface area contributed by atoms with Crippen LogP contribution in [0.25, 0.3) is 0 Å². The van der Waals surface area contributed by atoms with Crippen LogP contribution in [0.5, 0.6) is 11.5 Å². The van der Waals surface area contributed by atoms with Gasteiger partial charge in [-0.25, -0.2) is 8.42 Å². The maximum Gasteiger partial charge on any atom is 0.222 e. The van der Waals surface area contributed by atoms with Gasteiger partial charge in [-0.3, -0.25) is 9.79 Å². The number of sulfone groups is 1. The molecule has 2 unspecified atom stereocenters. The van der Waals surface area contributed by atoms with Crippen molar-refractivity contribution in [2.24, 2.45) is 4.99 Å². The molecule has 0 spiro atoms. The number of nitrogens with zero attached hydrogens (tertiary/aromatic N) is 1. The van der Waals surface area contributed by atoms with Crippen molar-refractivity contribution in [2.45, 2.75) is 31.9 Å². The number of amides is 1. The molecule has 0 saturated carbocycles. The number of halogens is 1. The second kappa shape index (κ2) is 12.8. The van der Waals surface area contributed by atoms with E-state index in [1.807, 2.05) is 31.2 Å². The summed E-state index contributed by atoms with van der Waals surface area (Å²) in [7, 11) is 0.238. The van der Waals surface area contributed by atoms with Gasteiger partial charge in [0.25, 0.3) is 0 Å². The lowest BCUT2D eigenvalue weighted by Gasteiger charge is -2.19. The van der Waals surface area contributed by atoms with Gasteiger partial charge >= 0.3 is 0 Å². The monoisotopic (exact) mass is 554 g/mol. The third-order valence-corrected chi connectivity index (χ3v) is 6.19. The lowest BCUT2D eigenvalue weighted by molar-refractivity contribution is -0.121. The van der Waals surface area contributed by atoms with Gasteiger partial charge in [0.2, 0.25) is 5.91 Å². The van der Waals surface area contributed by atoms with Crippen LogP contribution in [0.3, 0.4) is 0 Å². The van der Waals surface area contributed by atoms with Crippen LogP contribution in [0.15, 0.2) is 29.3 Å². The molecular formula is C19H31IN4O5S. The number of benzene rings is 1. The van der Waals surface area contributed by atoms with Gasteiger partial charge in [-0.2, -0.15) is 0 Å². The van der Waals surface area contributed by atoms with E-state index in [0.29, 0.717) is 37.0 Å². The molecule has 0 radical (unpaired) electrons. The van der Waals surface area contributed by atoms with Crippen LogP contribution in [-0.4, -0.2) is 71.2 Å². The number of nitrogens with one attached hydrogen (secondary N) is 3. The molecule has 1 aliphatic rings. The second-order valence-electron chi connectivity index (χ2n) is 6.88. The molecule has 0 aromatic heterocycles. The van der Waals surface area contributed by atoms with Crippen LogP contribution < -0.4 is 25.4 Å². The second-order valence-corrected chi connectivity index (χ2v) is 9.11. The zero-order valence-corrected chi connectivity index (χ0v) is 20.7. The van der Waals surface area contributed by atoms with Crippen LogP contribution in [0.4, 0.5) is 0 Å². The Hall–Kier alpha value is -1.76. The Morgan fingerprint density at radius 3 is 2.57 bits per heavy atom. The Bertz CT molecular complexity index is 819. The van der Waals surface area contributed by atoms with Crippen molar-refractivity contribution in [3.63, 3.8) is 0 Å². The predicted octanol–water partition coefficient (Wildman–Crippen LogP) is 0.939. The predicted molar refractivity (Wildman–Crippen MR) is 128 cm³/mol.